The van der Waals surface area contributed by atoms with Crippen molar-refractivity contribution < 1.29 is 9.15 Å². The van der Waals surface area contributed by atoms with Crippen LogP contribution in [0.4, 0.5) is 0 Å². The minimum atomic E-state index is 0.556. The molecule has 0 fully saturated rings. The van der Waals surface area contributed by atoms with E-state index in [9.17, 15) is 0 Å². The van der Waals surface area contributed by atoms with Crippen molar-refractivity contribution in [3.05, 3.63) is 102 Å². The molecule has 0 unspecified atom stereocenters. The molecule has 0 saturated heterocycles. The molecule has 0 saturated carbocycles. The highest BCUT2D eigenvalue weighted by Crippen LogP contribution is 2.19. The van der Waals surface area contributed by atoms with Gasteiger partial charge >= 0.3 is 0 Å². The normalized spacial score (nSPS) is 11.0. The second kappa shape index (κ2) is 9.85. The number of benzene rings is 3. The molecule has 0 atom stereocenters. The highest BCUT2D eigenvalue weighted by molar-refractivity contribution is 5.51. The summed E-state index contributed by atoms with van der Waals surface area (Å²) < 4.78 is 11.2. The van der Waals surface area contributed by atoms with Crippen molar-refractivity contribution in [2.24, 2.45) is 0 Å². The van der Waals surface area contributed by atoms with E-state index >= 15 is 0 Å². The Morgan fingerprint density at radius 3 is 2.17 bits per heavy atom. The number of aromatic nitrogens is 2. The minimum absolute atomic E-state index is 0.556. The van der Waals surface area contributed by atoms with Crippen LogP contribution in [0.3, 0.4) is 0 Å². The number of hydrogen-bond donors (Lipinski definition) is 0. The third-order valence-electron chi connectivity index (χ3n) is 4.97. The van der Waals surface area contributed by atoms with E-state index < -0.39 is 0 Å². The molecule has 0 N–H and O–H groups in total. The number of nitrogens with zero attached hydrogens (tertiary/aromatic N) is 3. The molecule has 0 bridgehead atoms. The molecule has 152 valence electrons. The SMILES string of the molecule is COc1ccc(CCN(Cc2ccccc2)Cc2nnc(-c3ccccc3)o2)cc1. The fraction of sp³-hybridized carbons (Fsp3) is 0.200. The first-order valence-electron chi connectivity index (χ1n) is 10.1. The van der Waals surface area contributed by atoms with E-state index in [1.165, 1.54) is 11.1 Å². The summed E-state index contributed by atoms with van der Waals surface area (Å²) in [5.41, 5.74) is 3.46. The van der Waals surface area contributed by atoms with Crippen molar-refractivity contribution in [1.82, 2.24) is 15.1 Å². The van der Waals surface area contributed by atoms with Crippen LogP contribution in [0, 0.1) is 0 Å². The highest BCUT2D eigenvalue weighted by atomic mass is 16.5. The summed E-state index contributed by atoms with van der Waals surface area (Å²) in [7, 11) is 1.69. The van der Waals surface area contributed by atoms with Crippen molar-refractivity contribution in [2.75, 3.05) is 13.7 Å². The maximum absolute atomic E-state index is 5.94. The van der Waals surface area contributed by atoms with Gasteiger partial charge in [-0.1, -0.05) is 60.7 Å². The molecule has 5 heteroatoms. The van der Waals surface area contributed by atoms with Crippen LogP contribution in [0.5, 0.6) is 5.75 Å². The summed E-state index contributed by atoms with van der Waals surface area (Å²) in [6.07, 6.45) is 0.927. The Labute approximate surface area is 177 Å². The van der Waals surface area contributed by atoms with Crippen LogP contribution in [0.2, 0.25) is 0 Å². The lowest BCUT2D eigenvalue weighted by Crippen LogP contribution is -2.25. The molecular formula is C25H25N3O2. The molecule has 0 aliphatic carbocycles. The summed E-state index contributed by atoms with van der Waals surface area (Å²) in [5, 5.41) is 8.50. The van der Waals surface area contributed by atoms with Gasteiger partial charge in [-0.2, -0.15) is 0 Å². The van der Waals surface area contributed by atoms with Crippen LogP contribution in [0.1, 0.15) is 17.0 Å². The number of rotatable bonds is 9. The Morgan fingerprint density at radius 1 is 0.767 bits per heavy atom. The molecule has 0 aliphatic heterocycles. The third-order valence-corrected chi connectivity index (χ3v) is 4.97. The molecule has 4 aromatic rings. The zero-order valence-corrected chi connectivity index (χ0v) is 17.1. The largest absolute Gasteiger partial charge is 0.497 e. The van der Waals surface area contributed by atoms with Crippen molar-refractivity contribution >= 4 is 0 Å². The van der Waals surface area contributed by atoms with Crippen LogP contribution >= 0.6 is 0 Å². The van der Waals surface area contributed by atoms with E-state index in [0.717, 1.165) is 30.8 Å². The Morgan fingerprint density at radius 2 is 1.47 bits per heavy atom. The van der Waals surface area contributed by atoms with E-state index in [-0.39, 0.29) is 0 Å². The average Bonchev–Trinajstić information content (AvgIpc) is 3.28. The monoisotopic (exact) mass is 399 g/mol. The van der Waals surface area contributed by atoms with Crippen LogP contribution in [-0.2, 0) is 19.5 Å². The molecule has 1 aromatic heterocycles. The van der Waals surface area contributed by atoms with E-state index in [0.29, 0.717) is 18.3 Å². The second-order valence-corrected chi connectivity index (χ2v) is 7.16. The average molecular weight is 399 g/mol. The third kappa shape index (κ3) is 5.33. The standard InChI is InChI=1S/C25H25N3O2/c1-29-23-14-12-20(13-15-23)16-17-28(18-21-8-4-2-5-9-21)19-24-26-27-25(30-24)22-10-6-3-7-11-22/h2-15H,16-19H2,1H3. The smallest absolute Gasteiger partial charge is 0.247 e. The lowest BCUT2D eigenvalue weighted by Gasteiger charge is -2.21. The van der Waals surface area contributed by atoms with Crippen molar-refractivity contribution in [2.45, 2.75) is 19.5 Å². The van der Waals surface area contributed by atoms with E-state index in [1.54, 1.807) is 7.11 Å². The van der Waals surface area contributed by atoms with Crippen LogP contribution < -0.4 is 4.74 Å². The van der Waals surface area contributed by atoms with Gasteiger partial charge in [0.05, 0.1) is 13.7 Å². The van der Waals surface area contributed by atoms with E-state index in [2.05, 4.69) is 51.5 Å². The van der Waals surface area contributed by atoms with Gasteiger partial charge in [0.2, 0.25) is 11.8 Å². The quantitative estimate of drug-likeness (QED) is 0.397. The maximum atomic E-state index is 5.94. The lowest BCUT2D eigenvalue weighted by atomic mass is 10.1. The van der Waals surface area contributed by atoms with Gasteiger partial charge in [0.25, 0.3) is 0 Å². The van der Waals surface area contributed by atoms with Crippen molar-refractivity contribution in [3.8, 4) is 17.2 Å². The lowest BCUT2D eigenvalue weighted by molar-refractivity contribution is 0.234. The van der Waals surface area contributed by atoms with Crippen LogP contribution in [0.15, 0.2) is 89.3 Å². The summed E-state index contributed by atoms with van der Waals surface area (Å²) in [5.74, 6) is 2.05. The molecule has 3 aromatic carbocycles. The van der Waals surface area contributed by atoms with Gasteiger partial charge in [-0.15, -0.1) is 10.2 Å². The molecular weight excluding hydrogens is 374 g/mol. The Kier molecular flexibility index (Phi) is 6.52. The fourth-order valence-electron chi connectivity index (χ4n) is 3.34. The van der Waals surface area contributed by atoms with E-state index in [4.69, 9.17) is 9.15 Å². The maximum Gasteiger partial charge on any atom is 0.247 e. The van der Waals surface area contributed by atoms with Crippen molar-refractivity contribution in [3.63, 3.8) is 0 Å². The molecule has 5 nitrogen and oxygen atoms in total. The van der Waals surface area contributed by atoms with Crippen LogP contribution in [-0.4, -0.2) is 28.8 Å². The Balaban J connectivity index is 1.46. The Hall–Kier alpha value is -3.44. The summed E-state index contributed by atoms with van der Waals surface area (Å²) >= 11 is 0. The molecule has 1 heterocycles. The van der Waals surface area contributed by atoms with Gasteiger partial charge in [-0.05, 0) is 41.8 Å². The molecule has 30 heavy (non-hydrogen) atoms. The number of ether oxygens (including phenoxy) is 1. The first-order valence-corrected chi connectivity index (χ1v) is 10.1. The first kappa shape index (κ1) is 19.9. The van der Waals surface area contributed by atoms with E-state index in [1.807, 2.05) is 48.5 Å². The van der Waals surface area contributed by atoms with Gasteiger partial charge in [0.15, 0.2) is 0 Å². The van der Waals surface area contributed by atoms with Gasteiger partial charge in [0.1, 0.15) is 5.75 Å². The summed E-state index contributed by atoms with van der Waals surface area (Å²) in [4.78, 5) is 2.34. The molecule has 0 radical (unpaired) electrons. The summed E-state index contributed by atoms with van der Waals surface area (Å²) in [6, 6.07) is 28.5. The topological polar surface area (TPSA) is 51.4 Å². The van der Waals surface area contributed by atoms with Gasteiger partial charge in [-0.3, -0.25) is 4.90 Å². The molecule has 0 spiro atoms. The zero-order chi connectivity index (χ0) is 20.6. The molecule has 4 rings (SSSR count). The van der Waals surface area contributed by atoms with Gasteiger partial charge in [0, 0.05) is 18.7 Å². The molecule has 0 aliphatic rings. The second-order valence-electron chi connectivity index (χ2n) is 7.16. The van der Waals surface area contributed by atoms with Crippen molar-refractivity contribution in [1.29, 1.82) is 0 Å². The highest BCUT2D eigenvalue weighted by Gasteiger charge is 2.14. The summed E-state index contributed by atoms with van der Waals surface area (Å²) in [6.45, 7) is 2.30. The number of methoxy groups -OCH3 is 1. The predicted molar refractivity (Wildman–Crippen MR) is 117 cm³/mol. The first-order chi connectivity index (χ1) is 14.8. The van der Waals surface area contributed by atoms with Gasteiger partial charge in [-0.25, -0.2) is 0 Å². The Bertz CT molecular complexity index is 1030. The molecule has 0 amide bonds. The van der Waals surface area contributed by atoms with Crippen LogP contribution in [0.25, 0.3) is 11.5 Å². The predicted octanol–water partition coefficient (Wildman–Crippen LogP) is 4.99. The zero-order valence-electron chi connectivity index (χ0n) is 17.1. The fourth-order valence-corrected chi connectivity index (χ4v) is 3.34. The van der Waals surface area contributed by atoms with Gasteiger partial charge < -0.3 is 9.15 Å². The minimum Gasteiger partial charge on any atom is -0.497 e. The number of hydrogen-bond acceptors (Lipinski definition) is 5.